The van der Waals surface area contributed by atoms with Crippen LogP contribution < -0.4 is 5.73 Å². The lowest BCUT2D eigenvalue weighted by Crippen LogP contribution is -2.12. The summed E-state index contributed by atoms with van der Waals surface area (Å²) in [7, 11) is 0. The summed E-state index contributed by atoms with van der Waals surface area (Å²) in [5.74, 6) is 0. The number of hydrogen-bond donors (Lipinski definition) is 1. The Morgan fingerprint density at radius 3 is 1.70 bits per heavy atom. The Morgan fingerprint density at radius 1 is 1.20 bits per heavy atom. The highest BCUT2D eigenvalue weighted by molar-refractivity contribution is 5.16. The maximum atomic E-state index is 5.51. The highest BCUT2D eigenvalue weighted by atomic mass is 14.5. The summed E-state index contributed by atoms with van der Waals surface area (Å²) >= 11 is 0. The van der Waals surface area contributed by atoms with Crippen LogP contribution in [0.15, 0.2) is 11.1 Å². The Kier molecular flexibility index (Phi) is 3.10. The number of hydrogen-bond acceptors (Lipinski definition) is 1. The van der Waals surface area contributed by atoms with Crippen LogP contribution in [0.3, 0.4) is 0 Å². The van der Waals surface area contributed by atoms with Crippen molar-refractivity contribution in [2.75, 3.05) is 6.54 Å². The molecular weight excluding hydrogens is 122 g/mol. The van der Waals surface area contributed by atoms with E-state index in [-0.39, 0.29) is 5.41 Å². The smallest absolute Gasteiger partial charge is 0.0136 e. The summed E-state index contributed by atoms with van der Waals surface area (Å²) in [6, 6.07) is 0. The average molecular weight is 141 g/mol. The van der Waals surface area contributed by atoms with Gasteiger partial charge in [0.2, 0.25) is 0 Å². The molecule has 10 heavy (non-hydrogen) atoms. The van der Waals surface area contributed by atoms with Gasteiger partial charge in [0.15, 0.2) is 0 Å². The molecule has 0 heterocycles. The molecule has 0 aromatic heterocycles. The average Bonchev–Trinajstić information content (AvgIpc) is 1.83. The first-order valence-electron chi connectivity index (χ1n) is 3.76. The van der Waals surface area contributed by atoms with Crippen LogP contribution in [0.25, 0.3) is 0 Å². The molecular formula is C9H19N. The zero-order valence-corrected chi connectivity index (χ0v) is 7.78. The largest absolute Gasteiger partial charge is 0.327 e. The third-order valence-corrected chi connectivity index (χ3v) is 2.07. The second kappa shape index (κ2) is 3.20. The van der Waals surface area contributed by atoms with E-state index in [2.05, 4.69) is 34.6 Å². The molecule has 0 aliphatic heterocycles. The minimum Gasteiger partial charge on any atom is -0.327 e. The molecule has 1 nitrogen and oxygen atoms in total. The minimum absolute atomic E-state index is 0.281. The van der Waals surface area contributed by atoms with E-state index in [4.69, 9.17) is 5.73 Å². The Labute approximate surface area is 64.3 Å². The predicted molar refractivity (Wildman–Crippen MR) is 46.9 cm³/mol. The molecule has 0 aromatic carbocycles. The summed E-state index contributed by atoms with van der Waals surface area (Å²) < 4.78 is 0. The molecule has 0 bridgehead atoms. The van der Waals surface area contributed by atoms with Gasteiger partial charge >= 0.3 is 0 Å². The molecule has 0 saturated carbocycles. The van der Waals surface area contributed by atoms with Crippen LogP contribution in [0.2, 0.25) is 0 Å². The van der Waals surface area contributed by atoms with Gasteiger partial charge in [-0.2, -0.15) is 0 Å². The monoisotopic (exact) mass is 141 g/mol. The van der Waals surface area contributed by atoms with Gasteiger partial charge in [0, 0.05) is 6.54 Å². The topological polar surface area (TPSA) is 26.0 Å². The Balaban J connectivity index is 4.47. The van der Waals surface area contributed by atoms with Crippen molar-refractivity contribution >= 4 is 0 Å². The quantitative estimate of drug-likeness (QED) is 0.557. The van der Waals surface area contributed by atoms with E-state index in [1.807, 2.05) is 0 Å². The van der Waals surface area contributed by atoms with E-state index in [1.165, 1.54) is 11.1 Å². The third kappa shape index (κ3) is 2.53. The lowest BCUT2D eigenvalue weighted by atomic mass is 9.85. The highest BCUT2D eigenvalue weighted by Crippen LogP contribution is 2.26. The third-order valence-electron chi connectivity index (χ3n) is 2.07. The van der Waals surface area contributed by atoms with Gasteiger partial charge in [-0.1, -0.05) is 31.9 Å². The Bertz CT molecular complexity index is 137. The van der Waals surface area contributed by atoms with E-state index >= 15 is 0 Å². The summed E-state index contributed by atoms with van der Waals surface area (Å²) in [4.78, 5) is 0. The maximum absolute atomic E-state index is 5.51. The molecule has 0 rings (SSSR count). The first-order chi connectivity index (χ1) is 4.39. The molecule has 0 aromatic rings. The molecule has 0 aliphatic carbocycles. The van der Waals surface area contributed by atoms with Crippen LogP contribution in [-0.2, 0) is 0 Å². The molecule has 0 saturated heterocycles. The Hall–Kier alpha value is -0.300. The zero-order valence-electron chi connectivity index (χ0n) is 7.78. The van der Waals surface area contributed by atoms with Crippen molar-refractivity contribution in [1.29, 1.82) is 0 Å². The van der Waals surface area contributed by atoms with Gasteiger partial charge in [0.05, 0.1) is 0 Å². The minimum atomic E-state index is 0.281. The van der Waals surface area contributed by atoms with Crippen LogP contribution in [0.5, 0.6) is 0 Å². The fourth-order valence-corrected chi connectivity index (χ4v) is 0.793. The van der Waals surface area contributed by atoms with Crippen LogP contribution in [0.4, 0.5) is 0 Å². The van der Waals surface area contributed by atoms with Crippen molar-refractivity contribution in [3.8, 4) is 0 Å². The van der Waals surface area contributed by atoms with Gasteiger partial charge in [0.1, 0.15) is 0 Å². The lowest BCUT2D eigenvalue weighted by molar-refractivity contribution is 0.497. The summed E-state index contributed by atoms with van der Waals surface area (Å²) in [6.45, 7) is 11.6. The van der Waals surface area contributed by atoms with Crippen molar-refractivity contribution in [1.82, 2.24) is 0 Å². The Morgan fingerprint density at radius 2 is 1.60 bits per heavy atom. The molecule has 0 radical (unpaired) electrons. The second-order valence-electron chi connectivity index (χ2n) is 3.86. The van der Waals surface area contributed by atoms with E-state index in [9.17, 15) is 0 Å². The number of allylic oxidation sites excluding steroid dienone is 1. The highest BCUT2D eigenvalue weighted by Gasteiger charge is 2.13. The maximum Gasteiger partial charge on any atom is 0.0136 e. The van der Waals surface area contributed by atoms with Crippen LogP contribution >= 0.6 is 0 Å². The van der Waals surface area contributed by atoms with Crippen molar-refractivity contribution in [2.45, 2.75) is 34.6 Å². The van der Waals surface area contributed by atoms with Crippen LogP contribution in [-0.4, -0.2) is 6.54 Å². The fourth-order valence-electron chi connectivity index (χ4n) is 0.793. The normalized spacial score (nSPS) is 15.0. The van der Waals surface area contributed by atoms with Gasteiger partial charge in [-0.05, 0) is 19.3 Å². The van der Waals surface area contributed by atoms with Crippen molar-refractivity contribution in [2.24, 2.45) is 11.1 Å². The van der Waals surface area contributed by atoms with Gasteiger partial charge < -0.3 is 5.73 Å². The second-order valence-corrected chi connectivity index (χ2v) is 3.86. The van der Waals surface area contributed by atoms with Crippen LogP contribution in [0, 0.1) is 5.41 Å². The standard InChI is InChI=1S/C9H19N/c1-7(6-10)8(2)9(3,4)5/h6,10H2,1-5H3/b8-7+. The van der Waals surface area contributed by atoms with Gasteiger partial charge in [-0.15, -0.1) is 0 Å². The van der Waals surface area contributed by atoms with Crippen molar-refractivity contribution in [3.63, 3.8) is 0 Å². The SMILES string of the molecule is C/C(CN)=C(/C)C(C)(C)C. The molecule has 1 heteroatoms. The molecule has 0 atom stereocenters. The molecule has 0 spiro atoms. The van der Waals surface area contributed by atoms with E-state index in [0.717, 1.165) is 0 Å². The molecule has 2 N–H and O–H groups in total. The van der Waals surface area contributed by atoms with Gasteiger partial charge in [-0.3, -0.25) is 0 Å². The summed E-state index contributed by atoms with van der Waals surface area (Å²) in [6.07, 6.45) is 0. The number of rotatable bonds is 1. The molecule has 0 unspecified atom stereocenters. The molecule has 60 valence electrons. The van der Waals surface area contributed by atoms with E-state index in [0.29, 0.717) is 6.54 Å². The van der Waals surface area contributed by atoms with Crippen LogP contribution in [0.1, 0.15) is 34.6 Å². The van der Waals surface area contributed by atoms with E-state index < -0.39 is 0 Å². The summed E-state index contributed by atoms with van der Waals surface area (Å²) in [5.41, 5.74) is 8.52. The predicted octanol–water partition coefficient (Wildman–Crippen LogP) is 2.33. The van der Waals surface area contributed by atoms with Crippen molar-refractivity contribution < 1.29 is 0 Å². The fraction of sp³-hybridized carbons (Fsp3) is 0.778. The summed E-state index contributed by atoms with van der Waals surface area (Å²) in [5, 5.41) is 0. The zero-order chi connectivity index (χ0) is 8.36. The number of nitrogens with two attached hydrogens (primary N) is 1. The van der Waals surface area contributed by atoms with Crippen molar-refractivity contribution in [3.05, 3.63) is 11.1 Å². The molecule has 0 aliphatic rings. The molecule has 0 fully saturated rings. The molecule has 0 amide bonds. The first-order valence-corrected chi connectivity index (χ1v) is 3.76. The van der Waals surface area contributed by atoms with Gasteiger partial charge in [0.25, 0.3) is 0 Å². The lowest BCUT2D eigenvalue weighted by Gasteiger charge is -2.21. The van der Waals surface area contributed by atoms with Gasteiger partial charge in [-0.25, -0.2) is 0 Å². The van der Waals surface area contributed by atoms with E-state index in [1.54, 1.807) is 0 Å². The first kappa shape index (κ1) is 9.70.